The Labute approximate surface area is 173 Å². The lowest BCUT2D eigenvalue weighted by atomic mass is 9.87. The summed E-state index contributed by atoms with van der Waals surface area (Å²) in [6.07, 6.45) is 4.70. The number of nitrogens with one attached hydrogen (secondary N) is 1. The highest BCUT2D eigenvalue weighted by Crippen LogP contribution is 2.35. The molecule has 3 rings (SSSR count). The lowest BCUT2D eigenvalue weighted by Crippen LogP contribution is -2.23. The van der Waals surface area contributed by atoms with E-state index in [9.17, 15) is 9.59 Å². The molecule has 0 bridgehead atoms. The van der Waals surface area contributed by atoms with Crippen LogP contribution in [-0.4, -0.2) is 23.7 Å². The first kappa shape index (κ1) is 20.6. The summed E-state index contributed by atoms with van der Waals surface area (Å²) in [7, 11) is 0. The first-order valence-electron chi connectivity index (χ1n) is 9.41. The van der Waals surface area contributed by atoms with Crippen LogP contribution in [-0.2, 0) is 9.53 Å². The van der Waals surface area contributed by atoms with Crippen LogP contribution in [0, 0.1) is 5.92 Å². The van der Waals surface area contributed by atoms with Crippen LogP contribution in [0.25, 0.3) is 0 Å². The van der Waals surface area contributed by atoms with Crippen LogP contribution in [0.3, 0.4) is 0 Å². The van der Waals surface area contributed by atoms with Crippen LogP contribution in [0.4, 0.5) is 9.93 Å². The predicted octanol–water partition coefficient (Wildman–Crippen LogP) is 5.63. The van der Waals surface area contributed by atoms with Crippen molar-refractivity contribution in [2.75, 3.05) is 11.9 Å². The van der Waals surface area contributed by atoms with E-state index in [0.29, 0.717) is 16.1 Å². The van der Waals surface area contributed by atoms with Crippen molar-refractivity contribution in [3.05, 3.63) is 40.2 Å². The molecule has 8 heteroatoms. The minimum absolute atomic E-state index is 0.105. The van der Waals surface area contributed by atoms with E-state index in [-0.39, 0.29) is 24.3 Å². The number of amides is 1. The summed E-state index contributed by atoms with van der Waals surface area (Å²) in [6.45, 7) is 1.91. The Kier molecular flexibility index (Phi) is 7.28. The number of carbonyl (C=O) groups excluding carboxylic acids is 2. The molecule has 1 aromatic carbocycles. The van der Waals surface area contributed by atoms with Gasteiger partial charge in [-0.1, -0.05) is 49.4 Å². The van der Waals surface area contributed by atoms with Gasteiger partial charge in [0.25, 0.3) is 0 Å². The molecule has 1 saturated carbocycles. The molecule has 0 spiro atoms. The van der Waals surface area contributed by atoms with Crippen LogP contribution in [0.5, 0.6) is 5.88 Å². The van der Waals surface area contributed by atoms with Crippen LogP contribution in [0.15, 0.2) is 29.6 Å². The van der Waals surface area contributed by atoms with E-state index in [1.54, 1.807) is 18.4 Å². The molecule has 0 aliphatic heterocycles. The number of halogens is 1. The number of nitrogens with zero attached hydrogens (tertiary/aromatic N) is 1. The van der Waals surface area contributed by atoms with Gasteiger partial charge >= 0.3 is 6.16 Å². The smallest absolute Gasteiger partial charge is 0.434 e. The highest BCUT2D eigenvalue weighted by Gasteiger charge is 2.27. The fraction of sp³-hybridized carbons (Fsp3) is 0.450. The average Bonchev–Trinajstić information content (AvgIpc) is 3.32. The molecule has 1 aliphatic carbocycles. The monoisotopic (exact) mass is 422 g/mol. The molecule has 28 heavy (non-hydrogen) atoms. The van der Waals surface area contributed by atoms with Crippen LogP contribution in [0.1, 0.15) is 50.5 Å². The molecule has 1 aromatic heterocycles. The normalized spacial score (nSPS) is 15.2. The standard InChI is InChI=1S/C20H23ClN2O4S/c1-2-26-20(25)27-17-12-28-19(22-17)23-18(24)16(10-13-6-3-4-7-13)14-8-5-9-15(21)11-14/h5,8-9,11-13,16H,2-4,6-7,10H2,1H3,(H,22,23,24). The van der Waals surface area contributed by atoms with Gasteiger partial charge in [0.05, 0.1) is 17.9 Å². The van der Waals surface area contributed by atoms with Crippen molar-refractivity contribution in [3.63, 3.8) is 0 Å². The second-order valence-corrected chi connectivity index (χ2v) is 8.05. The Morgan fingerprint density at radius 2 is 2.14 bits per heavy atom. The molecular formula is C20H23ClN2O4S. The minimum Gasteiger partial charge on any atom is -0.434 e. The first-order valence-corrected chi connectivity index (χ1v) is 10.7. The molecule has 1 fully saturated rings. The lowest BCUT2D eigenvalue weighted by molar-refractivity contribution is -0.118. The number of benzene rings is 1. The summed E-state index contributed by atoms with van der Waals surface area (Å²) >= 11 is 7.34. The number of thiazole rings is 1. The molecule has 0 radical (unpaired) electrons. The Bertz CT molecular complexity index is 820. The zero-order chi connectivity index (χ0) is 19.9. The van der Waals surface area contributed by atoms with Gasteiger partial charge in [0, 0.05) is 5.02 Å². The molecule has 1 amide bonds. The topological polar surface area (TPSA) is 77.5 Å². The highest BCUT2D eigenvalue weighted by atomic mass is 35.5. The Hall–Kier alpha value is -2.12. The van der Waals surface area contributed by atoms with Gasteiger partial charge in [-0.2, -0.15) is 4.98 Å². The lowest BCUT2D eigenvalue weighted by Gasteiger charge is -2.20. The maximum absolute atomic E-state index is 13.0. The van der Waals surface area contributed by atoms with E-state index in [2.05, 4.69) is 10.3 Å². The van der Waals surface area contributed by atoms with Crippen LogP contribution >= 0.6 is 22.9 Å². The molecule has 2 aromatic rings. The summed E-state index contributed by atoms with van der Waals surface area (Å²) in [6, 6.07) is 7.44. The third-order valence-electron chi connectivity index (χ3n) is 4.77. The van der Waals surface area contributed by atoms with Crippen molar-refractivity contribution in [2.24, 2.45) is 5.92 Å². The van der Waals surface area contributed by atoms with E-state index in [0.717, 1.165) is 24.8 Å². The van der Waals surface area contributed by atoms with E-state index in [1.807, 2.05) is 18.2 Å². The van der Waals surface area contributed by atoms with E-state index in [1.165, 1.54) is 24.2 Å². The molecule has 150 valence electrons. The fourth-order valence-corrected chi connectivity index (χ4v) is 4.30. The van der Waals surface area contributed by atoms with Gasteiger partial charge in [0.1, 0.15) is 0 Å². The summed E-state index contributed by atoms with van der Waals surface area (Å²) < 4.78 is 9.68. The van der Waals surface area contributed by atoms with E-state index in [4.69, 9.17) is 21.1 Å². The van der Waals surface area contributed by atoms with Gasteiger partial charge in [0.2, 0.25) is 11.8 Å². The van der Waals surface area contributed by atoms with Gasteiger partial charge in [-0.3, -0.25) is 4.79 Å². The third-order valence-corrected chi connectivity index (χ3v) is 5.75. The van der Waals surface area contributed by atoms with Gasteiger partial charge < -0.3 is 14.8 Å². The second-order valence-electron chi connectivity index (χ2n) is 6.76. The number of rotatable bonds is 7. The Balaban J connectivity index is 1.70. The summed E-state index contributed by atoms with van der Waals surface area (Å²) in [5.74, 6) is 0.203. The number of carbonyl (C=O) groups is 2. The maximum atomic E-state index is 13.0. The van der Waals surface area contributed by atoms with Crippen molar-refractivity contribution in [3.8, 4) is 5.88 Å². The Morgan fingerprint density at radius 3 is 2.86 bits per heavy atom. The molecular weight excluding hydrogens is 400 g/mol. The molecule has 1 atom stereocenters. The van der Waals surface area contributed by atoms with Crippen molar-refractivity contribution in [1.82, 2.24) is 4.98 Å². The zero-order valence-electron chi connectivity index (χ0n) is 15.7. The number of ether oxygens (including phenoxy) is 2. The van der Waals surface area contributed by atoms with Crippen LogP contribution in [0.2, 0.25) is 5.02 Å². The van der Waals surface area contributed by atoms with Crippen molar-refractivity contribution in [1.29, 1.82) is 0 Å². The summed E-state index contributed by atoms with van der Waals surface area (Å²) in [5.41, 5.74) is 0.899. The maximum Gasteiger partial charge on any atom is 0.515 e. The molecule has 6 nitrogen and oxygen atoms in total. The van der Waals surface area contributed by atoms with Crippen LogP contribution < -0.4 is 10.1 Å². The summed E-state index contributed by atoms with van der Waals surface area (Å²) in [4.78, 5) is 28.5. The number of hydrogen-bond acceptors (Lipinski definition) is 6. The first-order chi connectivity index (χ1) is 13.5. The molecule has 1 unspecified atom stereocenters. The molecule has 1 aliphatic rings. The fourth-order valence-electron chi connectivity index (χ4n) is 3.49. The number of anilines is 1. The quantitative estimate of drug-likeness (QED) is 0.584. The predicted molar refractivity (Wildman–Crippen MR) is 109 cm³/mol. The summed E-state index contributed by atoms with van der Waals surface area (Å²) in [5, 5.41) is 5.40. The SMILES string of the molecule is CCOC(=O)Oc1csc(NC(=O)C(CC2CCCC2)c2cccc(Cl)c2)n1. The van der Waals surface area contributed by atoms with Crippen molar-refractivity contribution < 1.29 is 19.1 Å². The molecule has 0 saturated heterocycles. The van der Waals surface area contributed by atoms with Gasteiger partial charge in [0.15, 0.2) is 5.13 Å². The number of aromatic nitrogens is 1. The van der Waals surface area contributed by atoms with Gasteiger partial charge in [-0.05, 0) is 37.0 Å². The molecule has 1 N–H and O–H groups in total. The van der Waals surface area contributed by atoms with Gasteiger partial charge in [-0.25, -0.2) is 4.79 Å². The number of hydrogen-bond donors (Lipinski definition) is 1. The Morgan fingerprint density at radius 1 is 1.36 bits per heavy atom. The van der Waals surface area contributed by atoms with Crippen molar-refractivity contribution >= 4 is 40.1 Å². The minimum atomic E-state index is -0.816. The van der Waals surface area contributed by atoms with Crippen molar-refractivity contribution in [2.45, 2.75) is 44.9 Å². The highest BCUT2D eigenvalue weighted by molar-refractivity contribution is 7.14. The largest absolute Gasteiger partial charge is 0.515 e. The second kappa shape index (κ2) is 9.89. The zero-order valence-corrected chi connectivity index (χ0v) is 17.2. The van der Waals surface area contributed by atoms with E-state index < -0.39 is 6.16 Å². The molecule has 1 heterocycles. The third kappa shape index (κ3) is 5.69. The average molecular weight is 423 g/mol. The van der Waals surface area contributed by atoms with Gasteiger partial charge in [-0.15, -0.1) is 11.3 Å². The van der Waals surface area contributed by atoms with E-state index >= 15 is 0 Å².